The van der Waals surface area contributed by atoms with E-state index in [-0.39, 0.29) is 24.2 Å². The van der Waals surface area contributed by atoms with Gasteiger partial charge in [0.05, 0.1) is 6.20 Å². The number of carbonyl (C=O) groups is 2. The summed E-state index contributed by atoms with van der Waals surface area (Å²) in [7, 11) is 0. The molecule has 3 aromatic carbocycles. The number of benzene rings is 3. The molecule has 0 radical (unpaired) electrons. The van der Waals surface area contributed by atoms with Gasteiger partial charge >= 0.3 is 0 Å². The highest BCUT2D eigenvalue weighted by Crippen LogP contribution is 2.61. The molecule has 52 heavy (non-hydrogen) atoms. The fourth-order valence-corrected chi connectivity index (χ4v) is 8.53. The molecule has 3 aromatic heterocycles. The molecule has 10 rings (SSSR count). The number of para-hydroxylation sites is 1. The average Bonchev–Trinajstić information content (AvgIpc) is 3.96. The molecule has 11 nitrogen and oxygen atoms in total. The maximum absolute atomic E-state index is 14.2. The third-order valence-electron chi connectivity index (χ3n) is 11.0. The molecule has 7 heterocycles. The lowest BCUT2D eigenvalue weighted by atomic mass is 9.72. The Morgan fingerprint density at radius 1 is 1.06 bits per heavy atom. The van der Waals surface area contributed by atoms with E-state index >= 15 is 0 Å². The number of fused-ring (bicyclic) bond motifs is 7. The van der Waals surface area contributed by atoms with Gasteiger partial charge in [0, 0.05) is 57.0 Å². The fraction of sp³-hybridized carbons (Fsp3) is 0.268. The van der Waals surface area contributed by atoms with Crippen LogP contribution in [0.15, 0.2) is 87.5 Å². The second-order valence-corrected chi connectivity index (χ2v) is 14.5. The molecule has 1 spiro atoms. The van der Waals surface area contributed by atoms with Crippen molar-refractivity contribution in [2.45, 2.75) is 64.3 Å². The number of aromatic amines is 1. The second kappa shape index (κ2) is 10.9. The molecule has 0 aliphatic carbocycles. The van der Waals surface area contributed by atoms with Crippen molar-refractivity contribution in [3.63, 3.8) is 0 Å². The zero-order valence-electron chi connectivity index (χ0n) is 29.1. The summed E-state index contributed by atoms with van der Waals surface area (Å²) >= 11 is 0. The van der Waals surface area contributed by atoms with Gasteiger partial charge in [-0.15, -0.1) is 0 Å². The van der Waals surface area contributed by atoms with Crippen LogP contribution >= 0.6 is 0 Å². The predicted molar refractivity (Wildman–Crippen MR) is 194 cm³/mol. The van der Waals surface area contributed by atoms with Gasteiger partial charge in [0.2, 0.25) is 23.6 Å². The number of hydrogen-bond donors (Lipinski definition) is 4. The van der Waals surface area contributed by atoms with Crippen LogP contribution in [-0.4, -0.2) is 39.0 Å². The van der Waals surface area contributed by atoms with Crippen LogP contribution in [0.1, 0.15) is 68.5 Å². The topological polar surface area (TPSA) is 147 Å². The van der Waals surface area contributed by atoms with Gasteiger partial charge in [-0.05, 0) is 42.5 Å². The third kappa shape index (κ3) is 4.13. The SMILES string of the molecule is CC/C=C(\C)C(=O)N[C@H]1Cc2ccc3c(c2)[C@]24c5cccc(c5NC2O3)-c2cccc3[nH]cc(c23)-c2cnc(o2)-c2nc(oc24)[C@H](C(C)C)NC1=O. The van der Waals surface area contributed by atoms with E-state index in [0.29, 0.717) is 46.7 Å². The van der Waals surface area contributed by atoms with Crippen molar-refractivity contribution in [1.82, 2.24) is 25.6 Å². The molecule has 4 atom stereocenters. The fourth-order valence-electron chi connectivity index (χ4n) is 8.53. The minimum Gasteiger partial charge on any atom is -0.469 e. The van der Waals surface area contributed by atoms with E-state index in [1.165, 1.54) is 0 Å². The highest BCUT2D eigenvalue weighted by atomic mass is 16.5. The number of carbonyl (C=O) groups excluding carboxylic acids is 2. The number of aromatic nitrogens is 3. The van der Waals surface area contributed by atoms with Crippen LogP contribution < -0.4 is 20.7 Å². The number of rotatable bonds is 4. The Hall–Kier alpha value is -6.10. The Kier molecular flexibility index (Phi) is 6.46. The predicted octanol–water partition coefficient (Wildman–Crippen LogP) is 7.15. The Labute approximate surface area is 298 Å². The first-order valence-electron chi connectivity index (χ1n) is 17.8. The number of nitrogens with one attached hydrogen (secondary N) is 4. The van der Waals surface area contributed by atoms with Gasteiger partial charge in [-0.3, -0.25) is 9.59 Å². The van der Waals surface area contributed by atoms with Crippen molar-refractivity contribution >= 4 is 28.4 Å². The molecule has 6 aromatic rings. The minimum atomic E-state index is -1.02. The first kappa shape index (κ1) is 30.7. The van der Waals surface area contributed by atoms with Crippen LogP contribution in [0.2, 0.25) is 0 Å². The highest BCUT2D eigenvalue weighted by Gasteiger charge is 2.61. The van der Waals surface area contributed by atoms with Crippen LogP contribution in [0.4, 0.5) is 5.69 Å². The number of oxazole rings is 2. The Morgan fingerprint density at radius 3 is 2.75 bits per heavy atom. The Bertz CT molecular complexity index is 2520. The van der Waals surface area contributed by atoms with Crippen LogP contribution in [-0.2, 0) is 21.4 Å². The summed E-state index contributed by atoms with van der Waals surface area (Å²) in [6.07, 6.45) is 5.89. The van der Waals surface area contributed by atoms with E-state index in [1.807, 2.05) is 51.2 Å². The Morgan fingerprint density at radius 2 is 1.90 bits per heavy atom. The molecule has 2 amide bonds. The average molecular weight is 693 g/mol. The van der Waals surface area contributed by atoms with Crippen molar-refractivity contribution in [2.75, 3.05) is 5.32 Å². The van der Waals surface area contributed by atoms with Gasteiger partial charge in [0.15, 0.2) is 23.4 Å². The van der Waals surface area contributed by atoms with Crippen molar-refractivity contribution < 1.29 is 23.2 Å². The number of ether oxygens (including phenoxy) is 1. The molecule has 4 N–H and O–H groups in total. The van der Waals surface area contributed by atoms with Gasteiger partial charge in [-0.1, -0.05) is 69.3 Å². The lowest BCUT2D eigenvalue weighted by Gasteiger charge is -2.29. The number of anilines is 1. The van der Waals surface area contributed by atoms with Gasteiger partial charge in [-0.25, -0.2) is 9.97 Å². The van der Waals surface area contributed by atoms with Crippen molar-refractivity contribution in [3.05, 3.63) is 107 Å². The van der Waals surface area contributed by atoms with Crippen molar-refractivity contribution in [2.24, 2.45) is 5.92 Å². The normalized spacial score (nSPS) is 22.2. The molecular formula is C41H36N6O5. The first-order chi connectivity index (χ1) is 25.3. The van der Waals surface area contributed by atoms with Crippen molar-refractivity contribution in [1.29, 1.82) is 0 Å². The maximum Gasteiger partial charge on any atom is 0.249 e. The third-order valence-corrected chi connectivity index (χ3v) is 11.0. The van der Waals surface area contributed by atoms with Crippen LogP contribution in [0, 0.1) is 5.92 Å². The number of nitrogens with zero attached hydrogens (tertiary/aromatic N) is 2. The van der Waals surface area contributed by atoms with Crippen LogP contribution in [0.5, 0.6) is 5.75 Å². The molecule has 4 aliphatic rings. The molecule has 11 heteroatoms. The van der Waals surface area contributed by atoms with Crippen molar-refractivity contribution in [3.8, 4) is 39.8 Å². The standard InChI is InChI=1S/C41H36N6O5/c1-5-8-20(4)36(48)44-28-16-21-13-14-29-26(15-21)41-25-11-6-10-23(33(25)47-40(41)51-29)22-9-7-12-27-31(22)24(17-42-27)30-18-43-38(50-30)34-35(41)52-39(46-34)32(19(2)3)45-37(28)49/h6-15,17-19,28,32,40,42,47H,5,16H2,1-4H3,(H,44,48)(H,45,49)/b20-8+/t28-,32-,40?,41-/m0/s1. The summed E-state index contributed by atoms with van der Waals surface area (Å²) < 4.78 is 20.5. The number of amides is 2. The van der Waals surface area contributed by atoms with Gasteiger partial charge in [0.25, 0.3) is 0 Å². The summed E-state index contributed by atoms with van der Waals surface area (Å²) in [6, 6.07) is 17.0. The van der Waals surface area contributed by atoms with E-state index in [4.69, 9.17) is 23.5 Å². The molecule has 1 unspecified atom stereocenters. The van der Waals surface area contributed by atoms with Gasteiger partial charge < -0.3 is 34.5 Å². The molecule has 260 valence electrons. The summed E-state index contributed by atoms with van der Waals surface area (Å²) in [5.74, 6) is 1.63. The summed E-state index contributed by atoms with van der Waals surface area (Å²) in [6.45, 7) is 7.74. The quantitative estimate of drug-likeness (QED) is 0.143. The largest absolute Gasteiger partial charge is 0.469 e. The minimum absolute atomic E-state index is 0.128. The molecule has 0 saturated carbocycles. The Balaban J connectivity index is 1.28. The second-order valence-electron chi connectivity index (χ2n) is 14.5. The lowest BCUT2D eigenvalue weighted by molar-refractivity contribution is -0.128. The molecule has 0 fully saturated rings. The smallest absolute Gasteiger partial charge is 0.249 e. The maximum atomic E-state index is 14.2. The molecular weight excluding hydrogens is 656 g/mol. The summed E-state index contributed by atoms with van der Waals surface area (Å²) in [5.41, 5.74) is 7.46. The summed E-state index contributed by atoms with van der Waals surface area (Å²) in [5, 5.41) is 11.0. The van der Waals surface area contributed by atoms with Gasteiger partial charge in [0.1, 0.15) is 23.2 Å². The van der Waals surface area contributed by atoms with E-state index in [9.17, 15) is 9.59 Å². The molecule has 0 saturated heterocycles. The molecule has 4 aliphatic heterocycles. The first-order valence-corrected chi connectivity index (χ1v) is 17.8. The number of allylic oxidation sites excluding steroid dienone is 1. The van der Waals surface area contributed by atoms with Crippen LogP contribution in [0.25, 0.3) is 44.9 Å². The van der Waals surface area contributed by atoms with Gasteiger partial charge in [-0.2, -0.15) is 0 Å². The van der Waals surface area contributed by atoms with Crippen LogP contribution in [0.3, 0.4) is 0 Å². The van der Waals surface area contributed by atoms with E-state index < -0.39 is 23.7 Å². The van der Waals surface area contributed by atoms with E-state index in [0.717, 1.165) is 50.0 Å². The van der Waals surface area contributed by atoms with E-state index in [1.54, 1.807) is 13.1 Å². The zero-order valence-corrected chi connectivity index (χ0v) is 29.1. The van der Waals surface area contributed by atoms with E-state index in [2.05, 4.69) is 57.3 Å². The molecule has 10 bridgehead atoms. The number of hydrogen-bond acceptors (Lipinski definition) is 8. The highest BCUT2D eigenvalue weighted by molar-refractivity contribution is 6.07. The monoisotopic (exact) mass is 692 g/mol. The summed E-state index contributed by atoms with van der Waals surface area (Å²) in [4.78, 5) is 40.9. The number of H-pyrrole nitrogens is 1. The zero-order chi connectivity index (χ0) is 35.5. The lowest BCUT2D eigenvalue weighted by Crippen LogP contribution is -2.49.